The minimum Gasteiger partial charge on any atom is -0.379 e. The van der Waals surface area contributed by atoms with Gasteiger partial charge in [0.1, 0.15) is 0 Å². The molecule has 0 fully saturated rings. The van der Waals surface area contributed by atoms with E-state index in [0.29, 0.717) is 6.54 Å². The first kappa shape index (κ1) is 16.5. The predicted octanol–water partition coefficient (Wildman–Crippen LogP) is 4.27. The Balaban J connectivity index is 1.56. The summed E-state index contributed by atoms with van der Waals surface area (Å²) in [5.74, 6) is 0. The van der Waals surface area contributed by atoms with Gasteiger partial charge in [-0.05, 0) is 30.5 Å². The largest absolute Gasteiger partial charge is 0.379 e. The summed E-state index contributed by atoms with van der Waals surface area (Å²) < 4.78 is 1.65. The van der Waals surface area contributed by atoms with Crippen LogP contribution >= 0.6 is 11.3 Å². The zero-order valence-corrected chi connectivity index (χ0v) is 15.3. The molecule has 1 N–H and O–H groups in total. The molecule has 4 rings (SSSR count). The maximum atomic E-state index is 12.3. The Morgan fingerprint density at radius 2 is 1.85 bits per heavy atom. The van der Waals surface area contributed by atoms with Crippen molar-refractivity contribution in [2.75, 3.05) is 5.32 Å². The molecule has 2 aromatic carbocycles. The standard InChI is InChI=1S/C21H19N3OS/c1-15-14-26-21-23-18(12-20(25)24(15)21)13-22-19-10-6-5-9-17(19)11-16-7-3-2-4-8-16/h2-10,12,14,22H,11,13H2,1H3. The average Bonchev–Trinajstić information content (AvgIpc) is 3.03. The van der Waals surface area contributed by atoms with Gasteiger partial charge in [-0.25, -0.2) is 4.98 Å². The van der Waals surface area contributed by atoms with Crippen LogP contribution in [0.2, 0.25) is 0 Å². The van der Waals surface area contributed by atoms with Crippen LogP contribution in [0.3, 0.4) is 0 Å². The van der Waals surface area contributed by atoms with E-state index in [1.807, 2.05) is 24.4 Å². The van der Waals surface area contributed by atoms with Crippen molar-refractivity contribution in [1.29, 1.82) is 0 Å². The molecule has 26 heavy (non-hydrogen) atoms. The highest BCUT2D eigenvalue weighted by atomic mass is 32.1. The number of fused-ring (bicyclic) bond motifs is 1. The third kappa shape index (κ3) is 3.39. The van der Waals surface area contributed by atoms with Crippen molar-refractivity contribution in [2.45, 2.75) is 19.9 Å². The SMILES string of the molecule is Cc1csc2nc(CNc3ccccc3Cc3ccccc3)cc(=O)n12. The van der Waals surface area contributed by atoms with E-state index in [-0.39, 0.29) is 5.56 Å². The Morgan fingerprint density at radius 1 is 1.08 bits per heavy atom. The van der Waals surface area contributed by atoms with Gasteiger partial charge in [0.2, 0.25) is 0 Å². The molecule has 0 saturated carbocycles. The Morgan fingerprint density at radius 3 is 2.69 bits per heavy atom. The number of benzene rings is 2. The van der Waals surface area contributed by atoms with Crippen molar-refractivity contribution < 1.29 is 0 Å². The Bertz CT molecular complexity index is 1100. The lowest BCUT2D eigenvalue weighted by Gasteiger charge is -2.12. The van der Waals surface area contributed by atoms with Crippen LogP contribution < -0.4 is 10.9 Å². The number of hydrogen-bond acceptors (Lipinski definition) is 4. The van der Waals surface area contributed by atoms with Crippen LogP contribution in [0.25, 0.3) is 4.96 Å². The molecule has 0 aliphatic carbocycles. The first-order valence-corrected chi connectivity index (χ1v) is 9.41. The molecule has 0 unspecified atom stereocenters. The third-order valence-electron chi connectivity index (χ3n) is 4.34. The second-order valence-corrected chi connectivity index (χ2v) is 7.09. The van der Waals surface area contributed by atoms with Crippen LogP contribution in [0.5, 0.6) is 0 Å². The third-order valence-corrected chi connectivity index (χ3v) is 5.29. The van der Waals surface area contributed by atoms with E-state index in [9.17, 15) is 4.79 Å². The summed E-state index contributed by atoms with van der Waals surface area (Å²) in [6.45, 7) is 2.44. The molecule has 0 aliphatic rings. The number of hydrogen-bond donors (Lipinski definition) is 1. The van der Waals surface area contributed by atoms with Gasteiger partial charge in [0.25, 0.3) is 5.56 Å². The van der Waals surface area contributed by atoms with Gasteiger partial charge >= 0.3 is 0 Å². The lowest BCUT2D eigenvalue weighted by atomic mass is 10.0. The summed E-state index contributed by atoms with van der Waals surface area (Å²) in [4.78, 5) is 17.6. The van der Waals surface area contributed by atoms with Crippen LogP contribution in [0.4, 0.5) is 5.69 Å². The maximum Gasteiger partial charge on any atom is 0.259 e. The molecule has 2 heterocycles. The molecule has 0 radical (unpaired) electrons. The summed E-state index contributed by atoms with van der Waals surface area (Å²) >= 11 is 1.49. The van der Waals surface area contributed by atoms with Gasteiger partial charge in [-0.15, -0.1) is 11.3 Å². The second-order valence-electron chi connectivity index (χ2n) is 6.25. The van der Waals surface area contributed by atoms with E-state index in [0.717, 1.165) is 28.5 Å². The molecule has 0 atom stereocenters. The van der Waals surface area contributed by atoms with Gasteiger partial charge < -0.3 is 5.32 Å². The zero-order valence-electron chi connectivity index (χ0n) is 14.5. The predicted molar refractivity (Wildman–Crippen MR) is 107 cm³/mol. The molecular formula is C21H19N3OS. The first-order chi connectivity index (χ1) is 12.7. The highest BCUT2D eigenvalue weighted by Crippen LogP contribution is 2.20. The number of nitrogens with one attached hydrogen (secondary N) is 1. The summed E-state index contributed by atoms with van der Waals surface area (Å²) in [6.07, 6.45) is 0.864. The summed E-state index contributed by atoms with van der Waals surface area (Å²) in [6, 6.07) is 20.3. The summed E-state index contributed by atoms with van der Waals surface area (Å²) in [5, 5.41) is 5.40. The molecule has 4 nitrogen and oxygen atoms in total. The number of para-hydroxylation sites is 1. The molecule has 4 aromatic rings. The molecule has 130 valence electrons. The Hall–Kier alpha value is -2.92. The van der Waals surface area contributed by atoms with E-state index in [1.54, 1.807) is 10.5 Å². The lowest BCUT2D eigenvalue weighted by Crippen LogP contribution is -2.16. The van der Waals surface area contributed by atoms with Crippen LogP contribution in [0.15, 0.2) is 70.8 Å². The topological polar surface area (TPSA) is 46.4 Å². The van der Waals surface area contributed by atoms with Crippen molar-refractivity contribution in [3.05, 3.63) is 98.9 Å². The molecule has 0 spiro atoms. The van der Waals surface area contributed by atoms with Crippen LogP contribution in [0.1, 0.15) is 22.5 Å². The van der Waals surface area contributed by atoms with Crippen LogP contribution in [-0.2, 0) is 13.0 Å². The van der Waals surface area contributed by atoms with Gasteiger partial charge in [-0.1, -0.05) is 48.5 Å². The second kappa shape index (κ2) is 7.14. The first-order valence-electron chi connectivity index (χ1n) is 8.53. The number of rotatable bonds is 5. The average molecular weight is 361 g/mol. The number of aryl methyl sites for hydroxylation is 1. The van der Waals surface area contributed by atoms with Gasteiger partial charge in [0, 0.05) is 22.8 Å². The minimum absolute atomic E-state index is 0.0249. The highest BCUT2D eigenvalue weighted by molar-refractivity contribution is 7.15. The normalized spacial score (nSPS) is 11.0. The molecular weight excluding hydrogens is 342 g/mol. The van der Waals surface area contributed by atoms with E-state index in [4.69, 9.17) is 0 Å². The number of aromatic nitrogens is 2. The molecule has 0 saturated heterocycles. The summed E-state index contributed by atoms with van der Waals surface area (Å²) in [5.41, 5.74) is 5.22. The zero-order chi connectivity index (χ0) is 17.9. The van der Waals surface area contributed by atoms with E-state index in [1.165, 1.54) is 22.5 Å². The van der Waals surface area contributed by atoms with E-state index in [2.05, 4.69) is 52.8 Å². The summed E-state index contributed by atoms with van der Waals surface area (Å²) in [7, 11) is 0. The van der Waals surface area contributed by atoms with Gasteiger partial charge in [-0.3, -0.25) is 9.20 Å². The van der Waals surface area contributed by atoms with Gasteiger partial charge in [-0.2, -0.15) is 0 Å². The molecule has 2 aromatic heterocycles. The quantitative estimate of drug-likeness (QED) is 0.577. The van der Waals surface area contributed by atoms with Crippen molar-refractivity contribution in [3.63, 3.8) is 0 Å². The smallest absolute Gasteiger partial charge is 0.259 e. The van der Waals surface area contributed by atoms with Crippen LogP contribution in [0, 0.1) is 6.92 Å². The lowest BCUT2D eigenvalue weighted by molar-refractivity contribution is 0.963. The number of nitrogens with zero attached hydrogens (tertiary/aromatic N) is 2. The number of anilines is 1. The van der Waals surface area contributed by atoms with Gasteiger partial charge in [0.15, 0.2) is 4.96 Å². The molecule has 0 bridgehead atoms. The molecule has 0 aliphatic heterocycles. The highest BCUT2D eigenvalue weighted by Gasteiger charge is 2.08. The fourth-order valence-electron chi connectivity index (χ4n) is 3.04. The Labute approximate surface area is 155 Å². The van der Waals surface area contributed by atoms with Crippen molar-refractivity contribution >= 4 is 22.0 Å². The van der Waals surface area contributed by atoms with Crippen LogP contribution in [-0.4, -0.2) is 9.38 Å². The Kier molecular flexibility index (Phi) is 4.54. The van der Waals surface area contributed by atoms with Crippen molar-refractivity contribution in [1.82, 2.24) is 9.38 Å². The van der Waals surface area contributed by atoms with Crippen molar-refractivity contribution in [2.24, 2.45) is 0 Å². The molecule has 5 heteroatoms. The fraction of sp³-hybridized carbons (Fsp3) is 0.143. The maximum absolute atomic E-state index is 12.3. The van der Waals surface area contributed by atoms with E-state index >= 15 is 0 Å². The molecule has 0 amide bonds. The van der Waals surface area contributed by atoms with Gasteiger partial charge in [0.05, 0.1) is 12.2 Å². The minimum atomic E-state index is -0.0249. The van der Waals surface area contributed by atoms with E-state index < -0.39 is 0 Å². The number of thiazole rings is 1. The fourth-order valence-corrected chi connectivity index (χ4v) is 3.93. The monoisotopic (exact) mass is 361 g/mol. The van der Waals surface area contributed by atoms with Crippen molar-refractivity contribution in [3.8, 4) is 0 Å².